The second-order valence-electron chi connectivity index (χ2n) is 6.44. The number of pyridine rings is 1. The summed E-state index contributed by atoms with van der Waals surface area (Å²) in [5.74, 6) is -0.877. The van der Waals surface area contributed by atoms with Gasteiger partial charge in [-0.25, -0.2) is 9.37 Å². The van der Waals surface area contributed by atoms with Gasteiger partial charge in [0, 0.05) is 24.0 Å². The van der Waals surface area contributed by atoms with Crippen molar-refractivity contribution in [1.29, 1.82) is 0 Å². The fraction of sp³-hybridized carbons (Fsp3) is 0.200. The molecule has 0 aliphatic carbocycles. The molecule has 0 fully saturated rings. The topological polar surface area (TPSA) is 87.7 Å². The molecule has 0 saturated carbocycles. The average Bonchev–Trinajstić information content (AvgIpc) is 2.66. The van der Waals surface area contributed by atoms with Crippen molar-refractivity contribution in [2.24, 2.45) is 5.92 Å². The van der Waals surface area contributed by atoms with Gasteiger partial charge in [0.1, 0.15) is 11.6 Å². The van der Waals surface area contributed by atoms with Crippen molar-refractivity contribution in [3.8, 4) is 11.4 Å². The van der Waals surface area contributed by atoms with Crippen LogP contribution in [0.4, 0.5) is 4.39 Å². The highest BCUT2D eigenvalue weighted by atomic mass is 19.1. The highest BCUT2D eigenvalue weighted by molar-refractivity contribution is 5.94. The molecule has 0 aliphatic heterocycles. The number of hydrogen-bond donors (Lipinski definition) is 2. The van der Waals surface area contributed by atoms with E-state index in [9.17, 15) is 14.0 Å². The van der Waals surface area contributed by atoms with Crippen LogP contribution in [0.25, 0.3) is 11.4 Å². The molecular formula is C20H19FN4O2. The Hall–Kier alpha value is -3.35. The Morgan fingerprint density at radius 3 is 2.63 bits per heavy atom. The lowest BCUT2D eigenvalue weighted by Crippen LogP contribution is -2.33. The lowest BCUT2D eigenvalue weighted by molar-refractivity contribution is 0.0920. The molecule has 27 heavy (non-hydrogen) atoms. The molecule has 3 aromatic rings. The molecule has 0 aliphatic rings. The maximum absolute atomic E-state index is 13.9. The van der Waals surface area contributed by atoms with Crippen LogP contribution < -0.4 is 10.9 Å². The van der Waals surface area contributed by atoms with Crippen molar-refractivity contribution >= 4 is 5.91 Å². The van der Waals surface area contributed by atoms with Gasteiger partial charge >= 0.3 is 0 Å². The molecule has 0 bridgehead atoms. The number of nitrogens with zero attached hydrogens (tertiary/aromatic N) is 2. The third-order valence-electron chi connectivity index (χ3n) is 4.09. The fourth-order valence-electron chi connectivity index (χ4n) is 2.72. The second-order valence-corrected chi connectivity index (χ2v) is 6.44. The van der Waals surface area contributed by atoms with Gasteiger partial charge in [-0.05, 0) is 30.2 Å². The minimum absolute atomic E-state index is 0.0551. The Labute approximate surface area is 155 Å². The molecule has 2 N–H and O–H groups in total. The van der Waals surface area contributed by atoms with Gasteiger partial charge in [0.2, 0.25) is 0 Å². The summed E-state index contributed by atoms with van der Waals surface area (Å²) in [5.41, 5.74) is 0.654. The second kappa shape index (κ2) is 7.90. The van der Waals surface area contributed by atoms with Gasteiger partial charge in [0.15, 0.2) is 0 Å². The molecule has 2 heterocycles. The number of benzene rings is 1. The number of aromatic nitrogens is 3. The number of halogens is 1. The first kappa shape index (κ1) is 18.4. The molecule has 2 aromatic heterocycles. The lowest BCUT2D eigenvalue weighted by atomic mass is 9.99. The average molecular weight is 366 g/mol. The molecule has 1 amide bonds. The molecule has 0 radical (unpaired) electrons. The molecule has 1 aromatic carbocycles. The summed E-state index contributed by atoms with van der Waals surface area (Å²) in [6.07, 6.45) is 3.21. The van der Waals surface area contributed by atoms with E-state index in [0.29, 0.717) is 17.1 Å². The van der Waals surface area contributed by atoms with Crippen LogP contribution in [0.1, 0.15) is 35.9 Å². The van der Waals surface area contributed by atoms with E-state index in [1.54, 1.807) is 30.6 Å². The van der Waals surface area contributed by atoms with E-state index >= 15 is 0 Å². The molecule has 0 unspecified atom stereocenters. The first-order valence-corrected chi connectivity index (χ1v) is 8.52. The Bertz CT molecular complexity index is 1000. The van der Waals surface area contributed by atoms with Gasteiger partial charge in [-0.2, -0.15) is 0 Å². The number of nitrogens with one attached hydrogen (secondary N) is 2. The van der Waals surface area contributed by atoms with E-state index in [-0.39, 0.29) is 17.0 Å². The molecule has 7 heteroatoms. The molecule has 0 saturated heterocycles. The number of hydrogen-bond acceptors (Lipinski definition) is 4. The van der Waals surface area contributed by atoms with Crippen molar-refractivity contribution in [3.63, 3.8) is 0 Å². The van der Waals surface area contributed by atoms with Gasteiger partial charge in [0.05, 0.1) is 17.3 Å². The van der Waals surface area contributed by atoms with Gasteiger partial charge in [-0.1, -0.05) is 26.0 Å². The summed E-state index contributed by atoms with van der Waals surface area (Å²) < 4.78 is 13.9. The molecule has 6 nitrogen and oxygen atoms in total. The summed E-state index contributed by atoms with van der Waals surface area (Å²) in [7, 11) is 0. The maximum atomic E-state index is 13.9. The third-order valence-corrected chi connectivity index (χ3v) is 4.09. The standard InChI is InChI=1S/C20H19FN4O2/c1-12(2)18(25-20(27)14-7-3-4-8-15(14)21)16-10-17(26)24-19(23-16)13-6-5-9-22-11-13/h3-12,18H,1-2H3,(H,25,27)(H,23,24,26)/t18-/m1/s1. The van der Waals surface area contributed by atoms with Crippen molar-refractivity contribution < 1.29 is 9.18 Å². The fourth-order valence-corrected chi connectivity index (χ4v) is 2.72. The first-order valence-electron chi connectivity index (χ1n) is 8.52. The maximum Gasteiger partial charge on any atom is 0.254 e. The van der Waals surface area contributed by atoms with E-state index in [2.05, 4.69) is 20.3 Å². The zero-order valence-corrected chi connectivity index (χ0v) is 14.9. The summed E-state index contributed by atoms with van der Waals surface area (Å²) in [5, 5.41) is 2.79. The monoisotopic (exact) mass is 366 g/mol. The highest BCUT2D eigenvalue weighted by Gasteiger charge is 2.23. The summed E-state index contributed by atoms with van der Waals surface area (Å²) >= 11 is 0. The van der Waals surface area contributed by atoms with Crippen molar-refractivity contribution in [2.45, 2.75) is 19.9 Å². The number of carbonyl (C=O) groups excluding carboxylic acids is 1. The summed E-state index contributed by atoms with van der Waals surface area (Å²) in [6, 6.07) is 10.0. The Morgan fingerprint density at radius 2 is 1.96 bits per heavy atom. The smallest absolute Gasteiger partial charge is 0.254 e. The number of H-pyrrole nitrogens is 1. The van der Waals surface area contributed by atoms with Gasteiger partial charge in [-0.3, -0.25) is 14.6 Å². The van der Waals surface area contributed by atoms with Crippen LogP contribution in [0.3, 0.4) is 0 Å². The Balaban J connectivity index is 1.96. The van der Waals surface area contributed by atoms with Crippen LogP contribution in [0, 0.1) is 11.7 Å². The van der Waals surface area contributed by atoms with Crippen LogP contribution in [0.15, 0.2) is 59.7 Å². The Kier molecular flexibility index (Phi) is 5.40. The van der Waals surface area contributed by atoms with E-state index in [1.165, 1.54) is 24.3 Å². The van der Waals surface area contributed by atoms with Crippen molar-refractivity contribution in [1.82, 2.24) is 20.3 Å². The number of aromatic amines is 1. The molecule has 0 spiro atoms. The minimum atomic E-state index is -0.604. The van der Waals surface area contributed by atoms with Crippen LogP contribution in [-0.2, 0) is 0 Å². The normalized spacial score (nSPS) is 12.0. The number of rotatable bonds is 5. The van der Waals surface area contributed by atoms with Gasteiger partial charge < -0.3 is 10.3 Å². The predicted octanol–water partition coefficient (Wildman–Crippen LogP) is 3.10. The van der Waals surface area contributed by atoms with E-state index in [0.717, 1.165) is 0 Å². The van der Waals surface area contributed by atoms with Crippen molar-refractivity contribution in [2.75, 3.05) is 0 Å². The van der Waals surface area contributed by atoms with Crippen LogP contribution in [-0.4, -0.2) is 20.9 Å². The summed E-state index contributed by atoms with van der Waals surface area (Å²) in [4.78, 5) is 35.8. The van der Waals surface area contributed by atoms with E-state index in [1.807, 2.05) is 13.8 Å². The third kappa shape index (κ3) is 4.25. The number of amides is 1. The summed E-state index contributed by atoms with van der Waals surface area (Å²) in [6.45, 7) is 3.78. The molecule has 138 valence electrons. The zero-order chi connectivity index (χ0) is 19.4. The Morgan fingerprint density at radius 1 is 1.19 bits per heavy atom. The van der Waals surface area contributed by atoms with Crippen molar-refractivity contribution in [3.05, 3.63) is 82.3 Å². The van der Waals surface area contributed by atoms with Gasteiger partial charge in [-0.15, -0.1) is 0 Å². The minimum Gasteiger partial charge on any atom is -0.343 e. The molecular weight excluding hydrogens is 347 g/mol. The van der Waals surface area contributed by atoms with E-state index < -0.39 is 17.8 Å². The first-order chi connectivity index (χ1) is 13.0. The number of carbonyl (C=O) groups is 1. The quantitative estimate of drug-likeness (QED) is 0.726. The van der Waals surface area contributed by atoms with E-state index in [4.69, 9.17) is 0 Å². The molecule has 3 rings (SSSR count). The molecule has 1 atom stereocenters. The predicted molar refractivity (Wildman–Crippen MR) is 99.5 cm³/mol. The zero-order valence-electron chi connectivity index (χ0n) is 14.9. The SMILES string of the molecule is CC(C)[C@@H](NC(=O)c1ccccc1F)c1cc(=O)[nH]c(-c2cccnc2)n1. The largest absolute Gasteiger partial charge is 0.343 e. The van der Waals surface area contributed by atoms with Crippen LogP contribution >= 0.6 is 0 Å². The van der Waals surface area contributed by atoms with Crippen LogP contribution in [0.5, 0.6) is 0 Å². The van der Waals surface area contributed by atoms with Gasteiger partial charge in [0.25, 0.3) is 11.5 Å². The lowest BCUT2D eigenvalue weighted by Gasteiger charge is -2.22. The van der Waals surface area contributed by atoms with Crippen LogP contribution in [0.2, 0.25) is 0 Å². The highest BCUT2D eigenvalue weighted by Crippen LogP contribution is 2.22.